The second kappa shape index (κ2) is 9.61. The number of rotatable bonds is 7. The zero-order chi connectivity index (χ0) is 20.6. The SMILES string of the molecule is C=CCn1c(-c2ccc(OC)cc2OC)csc1=NNC(=O)Nc1ccccc1. The van der Waals surface area contributed by atoms with E-state index < -0.39 is 6.03 Å². The summed E-state index contributed by atoms with van der Waals surface area (Å²) in [5.41, 5.74) is 5.02. The van der Waals surface area contributed by atoms with Crippen molar-refractivity contribution in [1.82, 2.24) is 9.99 Å². The number of carbonyl (C=O) groups excluding carboxylic acids is 1. The van der Waals surface area contributed by atoms with Crippen molar-refractivity contribution in [2.75, 3.05) is 19.5 Å². The molecular formula is C21H22N4O3S. The van der Waals surface area contributed by atoms with Crippen LogP contribution in [0, 0.1) is 0 Å². The second-order valence-corrected chi connectivity index (χ2v) is 6.75. The summed E-state index contributed by atoms with van der Waals surface area (Å²) in [6, 6.07) is 14.4. The number of allylic oxidation sites excluding steroid dienone is 1. The number of hydrogen-bond acceptors (Lipinski definition) is 5. The molecule has 0 saturated heterocycles. The number of thiazole rings is 1. The van der Waals surface area contributed by atoms with Gasteiger partial charge in [0.1, 0.15) is 11.5 Å². The summed E-state index contributed by atoms with van der Waals surface area (Å²) < 4.78 is 12.7. The van der Waals surface area contributed by atoms with Gasteiger partial charge in [-0.05, 0) is 24.3 Å². The minimum absolute atomic E-state index is 0.418. The van der Waals surface area contributed by atoms with Gasteiger partial charge in [0.15, 0.2) is 0 Å². The Balaban J connectivity index is 1.90. The Labute approximate surface area is 172 Å². The van der Waals surface area contributed by atoms with Gasteiger partial charge in [-0.1, -0.05) is 24.3 Å². The molecule has 0 saturated carbocycles. The van der Waals surface area contributed by atoms with Crippen molar-refractivity contribution in [3.05, 3.63) is 71.4 Å². The highest BCUT2D eigenvalue weighted by molar-refractivity contribution is 7.07. The summed E-state index contributed by atoms with van der Waals surface area (Å²) in [7, 11) is 3.23. The topological polar surface area (TPSA) is 76.9 Å². The Morgan fingerprint density at radius 1 is 1.21 bits per heavy atom. The molecule has 0 fully saturated rings. The first-order chi connectivity index (χ1) is 14.2. The van der Waals surface area contributed by atoms with E-state index in [2.05, 4.69) is 22.4 Å². The number of benzene rings is 2. The molecule has 0 radical (unpaired) electrons. The van der Waals surface area contributed by atoms with Crippen LogP contribution < -0.4 is 25.0 Å². The first kappa shape index (κ1) is 20.2. The smallest absolute Gasteiger partial charge is 0.339 e. The molecule has 0 aliphatic carbocycles. The summed E-state index contributed by atoms with van der Waals surface area (Å²) >= 11 is 1.41. The molecule has 2 amide bonds. The highest BCUT2D eigenvalue weighted by atomic mass is 32.1. The van der Waals surface area contributed by atoms with E-state index in [1.165, 1.54) is 11.3 Å². The van der Waals surface area contributed by atoms with Crippen LogP contribution in [-0.2, 0) is 6.54 Å². The zero-order valence-corrected chi connectivity index (χ0v) is 17.0. The number of anilines is 1. The molecule has 0 spiro atoms. The monoisotopic (exact) mass is 410 g/mol. The van der Waals surface area contributed by atoms with Gasteiger partial charge in [0.05, 0.1) is 19.9 Å². The number of amides is 2. The Morgan fingerprint density at radius 3 is 2.69 bits per heavy atom. The first-order valence-electron chi connectivity index (χ1n) is 8.83. The Hall–Kier alpha value is -3.52. The highest BCUT2D eigenvalue weighted by Gasteiger charge is 2.13. The molecule has 0 bridgehead atoms. The molecule has 2 N–H and O–H groups in total. The molecular weight excluding hydrogens is 388 g/mol. The number of methoxy groups -OCH3 is 2. The number of hydrogen-bond donors (Lipinski definition) is 2. The molecule has 0 aliphatic rings. The molecule has 3 aromatic rings. The number of nitrogens with one attached hydrogen (secondary N) is 2. The Kier molecular flexibility index (Phi) is 6.70. The Morgan fingerprint density at radius 2 is 2.00 bits per heavy atom. The predicted octanol–water partition coefficient (Wildman–Crippen LogP) is 4.06. The number of urea groups is 1. The molecule has 8 heteroatoms. The van der Waals surface area contributed by atoms with Gasteiger partial charge in [0.2, 0.25) is 4.80 Å². The van der Waals surface area contributed by atoms with Crippen LogP contribution in [0.5, 0.6) is 11.5 Å². The maximum atomic E-state index is 12.1. The lowest BCUT2D eigenvalue weighted by molar-refractivity contribution is 0.252. The zero-order valence-electron chi connectivity index (χ0n) is 16.2. The lowest BCUT2D eigenvalue weighted by Gasteiger charge is -2.12. The molecule has 29 heavy (non-hydrogen) atoms. The van der Waals surface area contributed by atoms with Gasteiger partial charge in [-0.25, -0.2) is 10.2 Å². The van der Waals surface area contributed by atoms with E-state index in [0.717, 1.165) is 11.3 Å². The molecule has 2 aromatic carbocycles. The molecule has 3 rings (SSSR count). The van der Waals surface area contributed by atoms with Crippen molar-refractivity contribution in [3.63, 3.8) is 0 Å². The fraction of sp³-hybridized carbons (Fsp3) is 0.143. The third-order valence-corrected chi connectivity index (χ3v) is 4.94. The fourth-order valence-electron chi connectivity index (χ4n) is 2.73. The van der Waals surface area contributed by atoms with Crippen LogP contribution in [-0.4, -0.2) is 24.8 Å². The van der Waals surface area contributed by atoms with E-state index in [4.69, 9.17) is 9.47 Å². The second-order valence-electron chi connectivity index (χ2n) is 5.91. The molecule has 0 aliphatic heterocycles. The minimum atomic E-state index is -0.418. The fourth-order valence-corrected chi connectivity index (χ4v) is 3.60. The van der Waals surface area contributed by atoms with Gasteiger partial charge in [-0.15, -0.1) is 23.0 Å². The van der Waals surface area contributed by atoms with Gasteiger partial charge in [0.25, 0.3) is 0 Å². The lowest BCUT2D eigenvalue weighted by atomic mass is 10.1. The van der Waals surface area contributed by atoms with Gasteiger partial charge < -0.3 is 19.4 Å². The number of aromatic nitrogens is 1. The first-order valence-corrected chi connectivity index (χ1v) is 9.71. The molecule has 7 nitrogen and oxygen atoms in total. The summed E-state index contributed by atoms with van der Waals surface area (Å²) in [6.45, 7) is 4.35. The Bertz CT molecular complexity index is 1060. The largest absolute Gasteiger partial charge is 0.497 e. The summed E-state index contributed by atoms with van der Waals surface area (Å²) in [4.78, 5) is 12.8. The molecule has 0 atom stereocenters. The van der Waals surface area contributed by atoms with E-state index in [9.17, 15) is 4.79 Å². The van der Waals surface area contributed by atoms with E-state index in [1.807, 2.05) is 46.3 Å². The van der Waals surface area contributed by atoms with Crippen LogP contribution in [0.2, 0.25) is 0 Å². The van der Waals surface area contributed by atoms with Crippen molar-refractivity contribution in [2.45, 2.75) is 6.54 Å². The van der Waals surface area contributed by atoms with Crippen LogP contribution in [0.25, 0.3) is 11.3 Å². The number of para-hydroxylation sites is 1. The third-order valence-electron chi connectivity index (χ3n) is 4.08. The standard InChI is InChI=1S/C21H22N4O3S/c1-4-12-25-18(17-11-10-16(27-2)13-19(17)28-3)14-29-21(25)24-23-20(26)22-15-8-6-5-7-9-15/h4-11,13-14H,1,12H2,2-3H3,(H2,22,23,26). The number of carbonyl (C=O) groups is 1. The average molecular weight is 410 g/mol. The maximum absolute atomic E-state index is 12.1. The molecule has 0 unspecified atom stereocenters. The van der Waals surface area contributed by atoms with Gasteiger partial charge in [-0.3, -0.25) is 0 Å². The molecule has 1 aromatic heterocycles. The van der Waals surface area contributed by atoms with Crippen LogP contribution in [0.1, 0.15) is 0 Å². The summed E-state index contributed by atoms with van der Waals surface area (Å²) in [6.07, 6.45) is 1.77. The quantitative estimate of drug-likeness (QED) is 0.456. The third kappa shape index (κ3) is 4.85. The highest BCUT2D eigenvalue weighted by Crippen LogP contribution is 2.33. The average Bonchev–Trinajstić information content (AvgIpc) is 3.15. The number of nitrogens with zero attached hydrogens (tertiary/aromatic N) is 2. The number of ether oxygens (including phenoxy) is 2. The van der Waals surface area contributed by atoms with Crippen molar-refractivity contribution < 1.29 is 14.3 Å². The van der Waals surface area contributed by atoms with Crippen molar-refractivity contribution in [3.8, 4) is 22.8 Å². The van der Waals surface area contributed by atoms with E-state index in [0.29, 0.717) is 28.5 Å². The van der Waals surface area contributed by atoms with E-state index in [1.54, 1.807) is 32.4 Å². The van der Waals surface area contributed by atoms with Crippen molar-refractivity contribution >= 4 is 23.1 Å². The maximum Gasteiger partial charge on any atom is 0.339 e. The van der Waals surface area contributed by atoms with Crippen LogP contribution in [0.3, 0.4) is 0 Å². The lowest BCUT2D eigenvalue weighted by Crippen LogP contribution is -2.28. The van der Waals surface area contributed by atoms with E-state index >= 15 is 0 Å². The van der Waals surface area contributed by atoms with Gasteiger partial charge in [0, 0.05) is 29.2 Å². The van der Waals surface area contributed by atoms with Gasteiger partial charge in [-0.2, -0.15) is 0 Å². The van der Waals surface area contributed by atoms with Crippen LogP contribution >= 0.6 is 11.3 Å². The summed E-state index contributed by atoms with van der Waals surface area (Å²) in [5, 5.41) is 8.95. The van der Waals surface area contributed by atoms with Crippen LogP contribution in [0.4, 0.5) is 10.5 Å². The van der Waals surface area contributed by atoms with Gasteiger partial charge >= 0.3 is 6.03 Å². The van der Waals surface area contributed by atoms with Crippen molar-refractivity contribution in [2.24, 2.45) is 5.10 Å². The normalized spacial score (nSPS) is 11.0. The molecule has 150 valence electrons. The minimum Gasteiger partial charge on any atom is -0.497 e. The molecule has 1 heterocycles. The van der Waals surface area contributed by atoms with Crippen molar-refractivity contribution in [1.29, 1.82) is 0 Å². The summed E-state index contributed by atoms with van der Waals surface area (Å²) in [5.74, 6) is 1.39. The predicted molar refractivity (Wildman–Crippen MR) is 115 cm³/mol. The van der Waals surface area contributed by atoms with Crippen LogP contribution in [0.15, 0.2) is 71.7 Å². The van der Waals surface area contributed by atoms with E-state index in [-0.39, 0.29) is 0 Å².